The van der Waals surface area contributed by atoms with Gasteiger partial charge in [-0.05, 0) is 66.4 Å². The van der Waals surface area contributed by atoms with Crippen LogP contribution in [-0.2, 0) is 24.2 Å². The smallest absolute Gasteiger partial charge is 0.415 e. The van der Waals surface area contributed by atoms with Gasteiger partial charge in [0.2, 0.25) is 0 Å². The lowest BCUT2D eigenvalue weighted by atomic mass is 9.94. The summed E-state index contributed by atoms with van der Waals surface area (Å²) in [5.41, 5.74) is 2.88. The van der Waals surface area contributed by atoms with E-state index in [9.17, 15) is 19.5 Å². The lowest BCUT2D eigenvalue weighted by Gasteiger charge is -2.34. The van der Waals surface area contributed by atoms with Gasteiger partial charge >= 0.3 is 12.1 Å². The Labute approximate surface area is 231 Å². The molecule has 10 heteroatoms. The second-order valence-corrected chi connectivity index (χ2v) is 9.62. The molecule has 2 N–H and O–H groups in total. The highest BCUT2D eigenvalue weighted by Gasteiger charge is 2.30. The first-order valence-electron chi connectivity index (χ1n) is 12.3. The van der Waals surface area contributed by atoms with E-state index in [0.717, 1.165) is 11.1 Å². The molecule has 1 unspecified atom stereocenters. The van der Waals surface area contributed by atoms with Crippen molar-refractivity contribution in [3.05, 3.63) is 87.9 Å². The molecule has 0 fully saturated rings. The third kappa shape index (κ3) is 6.43. The second-order valence-electron chi connectivity index (χ2n) is 9.22. The van der Waals surface area contributed by atoms with Gasteiger partial charge in [-0.15, -0.1) is 0 Å². The quantitative estimate of drug-likeness (QED) is 0.415. The van der Waals surface area contributed by atoms with Gasteiger partial charge in [0.05, 0.1) is 24.8 Å². The summed E-state index contributed by atoms with van der Waals surface area (Å²) in [7, 11) is 3.15. The number of nitrogens with one attached hydrogen (secondary N) is 1. The van der Waals surface area contributed by atoms with E-state index >= 15 is 0 Å². The number of amides is 2. The van der Waals surface area contributed by atoms with Crippen LogP contribution in [0.2, 0.25) is 5.02 Å². The number of hydrogen-bond donors (Lipinski definition) is 2. The third-order valence-electron chi connectivity index (χ3n) is 6.62. The van der Waals surface area contributed by atoms with Crippen molar-refractivity contribution >= 4 is 29.6 Å². The van der Waals surface area contributed by atoms with Crippen molar-refractivity contribution in [2.45, 2.75) is 38.4 Å². The molecule has 1 aliphatic rings. The fourth-order valence-corrected chi connectivity index (χ4v) is 4.70. The number of carboxylic acid groups (broad SMARTS) is 1. The molecule has 0 saturated heterocycles. The number of nitrogens with zero attached hydrogens (tertiary/aromatic N) is 1. The number of carbonyl (C=O) groups excluding carboxylic acids is 2. The van der Waals surface area contributed by atoms with Gasteiger partial charge in [0, 0.05) is 19.0 Å². The summed E-state index contributed by atoms with van der Waals surface area (Å²) in [6.45, 7) is 2.31. The minimum atomic E-state index is -1.18. The van der Waals surface area contributed by atoms with Crippen LogP contribution >= 0.6 is 11.6 Å². The predicted octanol–water partition coefficient (Wildman–Crippen LogP) is 4.73. The Morgan fingerprint density at radius 3 is 2.28 bits per heavy atom. The first kappa shape index (κ1) is 27.8. The third-order valence-corrected chi connectivity index (χ3v) is 6.95. The highest BCUT2D eigenvalue weighted by atomic mass is 35.5. The van der Waals surface area contributed by atoms with Crippen LogP contribution in [0, 0.1) is 0 Å². The van der Waals surface area contributed by atoms with E-state index in [2.05, 4.69) is 5.32 Å². The minimum absolute atomic E-state index is 0.0327. The Hall–Kier alpha value is -4.24. The van der Waals surface area contributed by atoms with Crippen molar-refractivity contribution < 1.29 is 33.7 Å². The number of aliphatic carboxylic acids is 1. The topological polar surface area (TPSA) is 114 Å². The van der Waals surface area contributed by atoms with Crippen LogP contribution < -0.4 is 19.5 Å². The Bertz CT molecular complexity index is 1380. The molecule has 0 aromatic heterocycles. The van der Waals surface area contributed by atoms with Crippen LogP contribution in [-0.4, -0.2) is 54.3 Å². The molecule has 0 aliphatic carbocycles. The van der Waals surface area contributed by atoms with Crippen molar-refractivity contribution in [1.82, 2.24) is 10.2 Å². The van der Waals surface area contributed by atoms with Gasteiger partial charge in [-0.2, -0.15) is 0 Å². The number of carbonyl (C=O) groups is 3. The van der Waals surface area contributed by atoms with Gasteiger partial charge in [-0.3, -0.25) is 4.79 Å². The number of ether oxygens (including phenoxy) is 3. The van der Waals surface area contributed by atoms with Gasteiger partial charge in [0.1, 0.15) is 11.8 Å². The van der Waals surface area contributed by atoms with Gasteiger partial charge in [0.15, 0.2) is 11.5 Å². The fraction of sp³-hybridized carbons (Fsp3) is 0.276. The normalized spacial score (nSPS) is 15.1. The van der Waals surface area contributed by atoms with E-state index in [0.29, 0.717) is 35.8 Å². The first-order chi connectivity index (χ1) is 18.7. The zero-order chi connectivity index (χ0) is 28.1. The molecule has 204 valence electrons. The summed E-state index contributed by atoms with van der Waals surface area (Å²) in [5, 5.41) is 12.4. The second kappa shape index (κ2) is 12.1. The SMILES string of the molecule is COc1cc2c(cc1OC)CN(C(=O)Oc1ccc(C[C@H](NC(=O)c3ccccc3Cl)C(=O)O)cc1)C(C)C2. The Morgan fingerprint density at radius 2 is 1.67 bits per heavy atom. The maximum Gasteiger partial charge on any atom is 0.415 e. The van der Waals surface area contributed by atoms with E-state index in [-0.39, 0.29) is 23.0 Å². The van der Waals surface area contributed by atoms with Crippen molar-refractivity contribution in [2.24, 2.45) is 0 Å². The van der Waals surface area contributed by atoms with Gasteiger partial charge in [-0.25, -0.2) is 9.59 Å². The molecule has 39 heavy (non-hydrogen) atoms. The Balaban J connectivity index is 1.40. The van der Waals surface area contributed by atoms with E-state index in [1.165, 1.54) is 6.07 Å². The molecule has 3 aromatic carbocycles. The zero-order valence-corrected chi connectivity index (χ0v) is 22.5. The van der Waals surface area contributed by atoms with Gasteiger partial charge in [0.25, 0.3) is 5.91 Å². The van der Waals surface area contributed by atoms with Gasteiger partial charge < -0.3 is 29.5 Å². The number of carboxylic acids is 1. The summed E-state index contributed by atoms with van der Waals surface area (Å²) in [4.78, 5) is 39.0. The maximum atomic E-state index is 13.0. The lowest BCUT2D eigenvalue weighted by molar-refractivity contribution is -0.139. The van der Waals surface area contributed by atoms with Crippen molar-refractivity contribution in [1.29, 1.82) is 0 Å². The molecule has 9 nitrogen and oxygen atoms in total. The summed E-state index contributed by atoms with van der Waals surface area (Å²) in [6, 6.07) is 15.5. The van der Waals surface area contributed by atoms with Crippen molar-refractivity contribution in [2.75, 3.05) is 14.2 Å². The molecular formula is C29H29ClN2O7. The highest BCUT2D eigenvalue weighted by Crippen LogP contribution is 2.35. The van der Waals surface area contributed by atoms with Gasteiger partial charge in [-0.1, -0.05) is 35.9 Å². The van der Waals surface area contributed by atoms with Crippen LogP contribution in [0.15, 0.2) is 60.7 Å². The zero-order valence-electron chi connectivity index (χ0n) is 21.8. The van der Waals surface area contributed by atoms with E-state index in [4.69, 9.17) is 25.8 Å². The standard InChI is InChI=1S/C29H29ClN2O7/c1-17-12-19-14-25(37-2)26(38-3)15-20(19)16-32(17)29(36)39-21-10-8-18(9-11-21)13-24(28(34)35)31-27(33)22-6-4-5-7-23(22)30/h4-11,14-15,17,24H,12-13,16H2,1-3H3,(H,31,33)(H,34,35)/t17?,24-/m0/s1. The molecule has 1 heterocycles. The average molecular weight is 553 g/mol. The van der Waals surface area contributed by atoms with E-state index < -0.39 is 24.0 Å². The number of benzene rings is 3. The summed E-state index contributed by atoms with van der Waals surface area (Å²) in [5.74, 6) is -0.196. The summed E-state index contributed by atoms with van der Waals surface area (Å²) >= 11 is 6.05. The minimum Gasteiger partial charge on any atom is -0.493 e. The number of fused-ring (bicyclic) bond motifs is 1. The molecule has 2 atom stereocenters. The number of halogens is 1. The van der Waals surface area contributed by atoms with Crippen LogP contribution in [0.3, 0.4) is 0 Å². The summed E-state index contributed by atoms with van der Waals surface area (Å²) in [6.07, 6.45) is 0.177. The van der Waals surface area contributed by atoms with E-state index in [1.807, 2.05) is 19.1 Å². The number of hydrogen-bond acceptors (Lipinski definition) is 6. The van der Waals surface area contributed by atoms with Crippen LogP contribution in [0.1, 0.15) is 34.0 Å². The molecule has 1 aliphatic heterocycles. The van der Waals surface area contributed by atoms with Crippen LogP contribution in [0.5, 0.6) is 17.2 Å². The van der Waals surface area contributed by atoms with E-state index in [1.54, 1.807) is 61.6 Å². The van der Waals surface area contributed by atoms with Crippen LogP contribution in [0.4, 0.5) is 4.79 Å². The largest absolute Gasteiger partial charge is 0.493 e. The molecule has 0 radical (unpaired) electrons. The summed E-state index contributed by atoms with van der Waals surface area (Å²) < 4.78 is 16.4. The molecule has 3 aromatic rings. The Kier molecular flexibility index (Phi) is 8.61. The average Bonchev–Trinajstić information content (AvgIpc) is 2.92. The van der Waals surface area contributed by atoms with Crippen LogP contribution in [0.25, 0.3) is 0 Å². The number of rotatable bonds is 8. The molecule has 0 bridgehead atoms. The lowest BCUT2D eigenvalue weighted by Crippen LogP contribution is -2.44. The fourth-order valence-electron chi connectivity index (χ4n) is 4.48. The maximum absolute atomic E-state index is 13.0. The molecule has 0 spiro atoms. The molecule has 0 saturated carbocycles. The Morgan fingerprint density at radius 1 is 1.03 bits per heavy atom. The molecular weight excluding hydrogens is 524 g/mol. The highest BCUT2D eigenvalue weighted by molar-refractivity contribution is 6.33. The monoisotopic (exact) mass is 552 g/mol. The molecule has 2 amide bonds. The van der Waals surface area contributed by atoms with Crippen molar-refractivity contribution in [3.63, 3.8) is 0 Å². The van der Waals surface area contributed by atoms with Crippen molar-refractivity contribution in [3.8, 4) is 17.2 Å². The number of methoxy groups -OCH3 is 2. The molecule has 4 rings (SSSR count). The first-order valence-corrected chi connectivity index (χ1v) is 12.7. The predicted molar refractivity (Wildman–Crippen MR) is 145 cm³/mol.